The Balaban J connectivity index is 2.38. The first-order valence-corrected chi connectivity index (χ1v) is 9.34. The van der Waals surface area contributed by atoms with Gasteiger partial charge in [-0.3, -0.25) is 4.79 Å². The summed E-state index contributed by atoms with van der Waals surface area (Å²) in [5.74, 6) is 1.55. The second-order valence-corrected chi connectivity index (χ2v) is 7.43. The summed E-state index contributed by atoms with van der Waals surface area (Å²) in [5, 5.41) is 3.02. The molecule has 0 saturated carbocycles. The van der Waals surface area contributed by atoms with Crippen LogP contribution >= 0.6 is 0 Å². The van der Waals surface area contributed by atoms with Gasteiger partial charge in [-0.25, -0.2) is 4.98 Å². The fourth-order valence-electron chi connectivity index (χ4n) is 3.15. The van der Waals surface area contributed by atoms with E-state index in [0.717, 1.165) is 30.4 Å². The van der Waals surface area contributed by atoms with Gasteiger partial charge in [0.15, 0.2) is 0 Å². The number of hydrogen-bond acceptors (Lipinski definition) is 4. The third kappa shape index (κ3) is 4.62. The molecule has 2 rings (SSSR count). The molecule has 0 radical (unpaired) electrons. The lowest BCUT2D eigenvalue weighted by Crippen LogP contribution is -2.37. The van der Waals surface area contributed by atoms with Crippen molar-refractivity contribution in [2.75, 3.05) is 25.0 Å². The zero-order valence-electron chi connectivity index (χ0n) is 16.5. The summed E-state index contributed by atoms with van der Waals surface area (Å²) in [6, 6.07) is 5.63. The van der Waals surface area contributed by atoms with Crippen LogP contribution in [-0.2, 0) is 11.3 Å². The Kier molecular flexibility index (Phi) is 6.77. The molecular formula is C20H30N4O2. The van der Waals surface area contributed by atoms with Gasteiger partial charge in [-0.2, -0.15) is 0 Å². The van der Waals surface area contributed by atoms with E-state index in [-0.39, 0.29) is 12.5 Å². The number of carbonyl (C=O) groups excluding carboxylic acids is 2. The smallest absolute Gasteiger partial charge is 0.253 e. The maximum atomic E-state index is 13.1. The molecule has 0 fully saturated rings. The van der Waals surface area contributed by atoms with Gasteiger partial charge in [-0.1, -0.05) is 27.7 Å². The van der Waals surface area contributed by atoms with E-state index in [1.54, 1.807) is 0 Å². The van der Waals surface area contributed by atoms with Crippen molar-refractivity contribution in [1.29, 1.82) is 0 Å². The summed E-state index contributed by atoms with van der Waals surface area (Å²) >= 11 is 0. The molecule has 0 aliphatic carbocycles. The van der Waals surface area contributed by atoms with E-state index in [1.165, 1.54) is 0 Å². The minimum absolute atomic E-state index is 0.0561. The number of carbonyl (C=O) groups is 2. The molecule has 0 atom stereocenters. The van der Waals surface area contributed by atoms with Crippen LogP contribution in [0, 0.1) is 11.8 Å². The van der Waals surface area contributed by atoms with Crippen molar-refractivity contribution < 1.29 is 9.59 Å². The Morgan fingerprint density at radius 3 is 2.42 bits per heavy atom. The highest BCUT2D eigenvalue weighted by Crippen LogP contribution is 2.22. The fourth-order valence-corrected chi connectivity index (χ4v) is 3.15. The van der Waals surface area contributed by atoms with Crippen molar-refractivity contribution in [3.05, 3.63) is 23.8 Å². The summed E-state index contributed by atoms with van der Waals surface area (Å²) in [7, 11) is 0. The van der Waals surface area contributed by atoms with Crippen molar-refractivity contribution in [3.8, 4) is 0 Å². The Bertz CT molecular complexity index is 755. The predicted octanol–water partition coefficient (Wildman–Crippen LogP) is 3.42. The number of amides is 1. The van der Waals surface area contributed by atoms with Crippen molar-refractivity contribution in [2.24, 2.45) is 11.8 Å². The molecular weight excluding hydrogens is 328 g/mol. The van der Waals surface area contributed by atoms with Gasteiger partial charge >= 0.3 is 0 Å². The summed E-state index contributed by atoms with van der Waals surface area (Å²) < 4.78 is 1.99. The number of rotatable bonds is 9. The van der Waals surface area contributed by atoms with E-state index in [9.17, 15) is 9.59 Å². The molecule has 26 heavy (non-hydrogen) atoms. The van der Waals surface area contributed by atoms with E-state index >= 15 is 0 Å². The highest BCUT2D eigenvalue weighted by atomic mass is 16.2. The van der Waals surface area contributed by atoms with Gasteiger partial charge < -0.3 is 19.6 Å². The lowest BCUT2D eigenvalue weighted by Gasteiger charge is -2.26. The number of imidazole rings is 1. The standard InChI is InChI=1S/C20H30N4O2/c1-6-24-18-11-16(7-8-17(18)22-20(24)21-9-10-25)19(26)23(12-14(2)3)13-15(4)5/h7-8,10-11,14-15H,6,9,12-13H2,1-5H3,(H,21,22). The molecule has 1 aromatic heterocycles. The number of anilines is 1. The van der Waals surface area contributed by atoms with Crippen LogP contribution < -0.4 is 5.32 Å². The second-order valence-electron chi connectivity index (χ2n) is 7.43. The number of fused-ring (bicyclic) bond motifs is 1. The number of nitrogens with one attached hydrogen (secondary N) is 1. The molecule has 0 unspecified atom stereocenters. The zero-order chi connectivity index (χ0) is 19.3. The van der Waals surface area contributed by atoms with Gasteiger partial charge in [-0.05, 0) is 37.0 Å². The zero-order valence-corrected chi connectivity index (χ0v) is 16.5. The second kappa shape index (κ2) is 8.83. The third-order valence-electron chi connectivity index (χ3n) is 4.11. The molecule has 2 aromatic rings. The average Bonchev–Trinajstić information content (AvgIpc) is 2.94. The Morgan fingerprint density at radius 2 is 1.88 bits per heavy atom. The molecule has 6 heteroatoms. The van der Waals surface area contributed by atoms with Gasteiger partial charge in [0.2, 0.25) is 5.95 Å². The van der Waals surface area contributed by atoms with Crippen molar-refractivity contribution >= 4 is 29.2 Å². The lowest BCUT2D eigenvalue weighted by molar-refractivity contribution is -0.106. The molecule has 0 aliphatic rings. The minimum atomic E-state index is 0.0561. The maximum absolute atomic E-state index is 13.1. The predicted molar refractivity (Wildman–Crippen MR) is 106 cm³/mol. The van der Waals surface area contributed by atoms with Gasteiger partial charge in [0, 0.05) is 25.2 Å². The lowest BCUT2D eigenvalue weighted by atomic mass is 10.1. The Hall–Kier alpha value is -2.37. The molecule has 0 bridgehead atoms. The van der Waals surface area contributed by atoms with Gasteiger partial charge in [0.25, 0.3) is 5.91 Å². The van der Waals surface area contributed by atoms with E-state index in [2.05, 4.69) is 38.0 Å². The molecule has 1 aromatic carbocycles. The minimum Gasteiger partial charge on any atom is -0.349 e. The Labute approximate surface area is 155 Å². The first kappa shape index (κ1) is 19.9. The summed E-state index contributed by atoms with van der Waals surface area (Å²) in [6.07, 6.45) is 0.810. The van der Waals surface area contributed by atoms with E-state index < -0.39 is 0 Å². The number of benzene rings is 1. The highest BCUT2D eigenvalue weighted by molar-refractivity contribution is 5.97. The molecule has 1 heterocycles. The fraction of sp³-hybridized carbons (Fsp3) is 0.550. The first-order chi connectivity index (χ1) is 12.4. The van der Waals surface area contributed by atoms with Crippen LogP contribution in [0.1, 0.15) is 45.0 Å². The number of hydrogen-bond donors (Lipinski definition) is 1. The first-order valence-electron chi connectivity index (χ1n) is 9.34. The molecule has 1 amide bonds. The molecule has 0 aliphatic heterocycles. The van der Waals surface area contributed by atoms with Gasteiger partial charge in [0.1, 0.15) is 6.29 Å². The number of aromatic nitrogens is 2. The normalized spacial score (nSPS) is 11.3. The summed E-state index contributed by atoms with van der Waals surface area (Å²) in [5.41, 5.74) is 2.40. The van der Waals surface area contributed by atoms with Crippen LogP contribution in [0.3, 0.4) is 0 Å². The molecule has 142 valence electrons. The third-order valence-corrected chi connectivity index (χ3v) is 4.11. The van der Waals surface area contributed by atoms with Crippen molar-refractivity contribution in [2.45, 2.75) is 41.2 Å². The van der Waals surface area contributed by atoms with Gasteiger partial charge in [-0.15, -0.1) is 0 Å². The SMILES string of the molecule is CCn1c(NCC=O)nc2ccc(C(=O)N(CC(C)C)CC(C)C)cc21. The van der Waals surface area contributed by atoms with E-state index in [4.69, 9.17) is 0 Å². The topological polar surface area (TPSA) is 67.2 Å². The molecule has 0 saturated heterocycles. The number of aldehydes is 1. The van der Waals surface area contributed by atoms with Crippen molar-refractivity contribution in [1.82, 2.24) is 14.5 Å². The number of aryl methyl sites for hydroxylation is 1. The van der Waals surface area contributed by atoms with Crippen molar-refractivity contribution in [3.63, 3.8) is 0 Å². The van der Waals surface area contributed by atoms with Crippen LogP contribution in [0.5, 0.6) is 0 Å². The summed E-state index contributed by atoms with van der Waals surface area (Å²) in [6.45, 7) is 12.9. The molecule has 6 nitrogen and oxygen atoms in total. The van der Waals surface area contributed by atoms with Crippen LogP contribution in [0.15, 0.2) is 18.2 Å². The molecule has 0 spiro atoms. The quantitative estimate of drug-likeness (QED) is 0.698. The van der Waals surface area contributed by atoms with Gasteiger partial charge in [0.05, 0.1) is 17.6 Å². The van der Waals surface area contributed by atoms with Crippen LogP contribution in [-0.4, -0.2) is 46.3 Å². The highest BCUT2D eigenvalue weighted by Gasteiger charge is 2.19. The number of nitrogens with zero attached hydrogens (tertiary/aromatic N) is 3. The monoisotopic (exact) mass is 358 g/mol. The Morgan fingerprint density at radius 1 is 1.23 bits per heavy atom. The van der Waals surface area contributed by atoms with E-state index in [0.29, 0.717) is 29.9 Å². The average molecular weight is 358 g/mol. The maximum Gasteiger partial charge on any atom is 0.253 e. The van der Waals surface area contributed by atoms with Crippen LogP contribution in [0.2, 0.25) is 0 Å². The van der Waals surface area contributed by atoms with E-state index in [1.807, 2.05) is 34.6 Å². The summed E-state index contributed by atoms with van der Waals surface area (Å²) in [4.78, 5) is 30.2. The largest absolute Gasteiger partial charge is 0.349 e. The van der Waals surface area contributed by atoms with Crippen LogP contribution in [0.25, 0.3) is 11.0 Å². The van der Waals surface area contributed by atoms with Crippen LogP contribution in [0.4, 0.5) is 5.95 Å². The molecule has 1 N–H and O–H groups in total.